The summed E-state index contributed by atoms with van der Waals surface area (Å²) >= 11 is 0. The van der Waals surface area contributed by atoms with Gasteiger partial charge in [-0.1, -0.05) is 0 Å². The third-order valence-electron chi connectivity index (χ3n) is 1.11. The molecule has 5 heteroatoms. The highest BCUT2D eigenvalue weighted by atomic mass is 16.6. The topological polar surface area (TPSA) is 56.1 Å². The first-order valence-corrected chi connectivity index (χ1v) is 3.97. The molecule has 0 aliphatic rings. The summed E-state index contributed by atoms with van der Waals surface area (Å²) in [5.41, 5.74) is 1.93. The molecule has 0 saturated heterocycles. The number of nitrogens with zero attached hydrogens (tertiary/aromatic N) is 2. The number of rotatable bonds is 1. The van der Waals surface area contributed by atoms with Crippen LogP contribution < -0.4 is 5.43 Å². The Morgan fingerprint density at radius 2 is 2.23 bits per heavy atom. The summed E-state index contributed by atoms with van der Waals surface area (Å²) in [6.07, 6.45) is 2.66. The van der Waals surface area contributed by atoms with E-state index in [1.54, 1.807) is 39.2 Å². The number of aromatic nitrogens is 2. The lowest BCUT2D eigenvalue weighted by Crippen LogP contribution is -2.31. The minimum Gasteiger partial charge on any atom is -0.443 e. The predicted octanol–water partition coefficient (Wildman–Crippen LogP) is 1.36. The van der Waals surface area contributed by atoms with Crippen molar-refractivity contribution in [2.45, 2.75) is 26.4 Å². The molecule has 1 rings (SSSR count). The first-order chi connectivity index (χ1) is 5.97. The van der Waals surface area contributed by atoms with Gasteiger partial charge in [0.2, 0.25) is 0 Å². The summed E-state index contributed by atoms with van der Waals surface area (Å²) in [6, 6.07) is 1.71. The molecule has 5 nitrogen and oxygen atoms in total. The lowest BCUT2D eigenvalue weighted by atomic mass is 10.2. The van der Waals surface area contributed by atoms with Gasteiger partial charge >= 0.3 is 6.09 Å². The summed E-state index contributed by atoms with van der Waals surface area (Å²) in [6.45, 7) is 5.40. The molecule has 0 unspecified atom stereocenters. The zero-order chi connectivity index (χ0) is 9.90. The van der Waals surface area contributed by atoms with Crippen molar-refractivity contribution >= 4 is 6.09 Å². The Labute approximate surface area is 76.7 Å². The van der Waals surface area contributed by atoms with Crippen molar-refractivity contribution in [1.82, 2.24) is 9.89 Å². The predicted molar refractivity (Wildman–Crippen MR) is 47.8 cm³/mol. The van der Waals surface area contributed by atoms with Gasteiger partial charge in [0, 0.05) is 6.20 Å². The molecule has 1 aromatic heterocycles. The van der Waals surface area contributed by atoms with Gasteiger partial charge in [-0.3, -0.25) is 0 Å². The maximum absolute atomic E-state index is 11.1. The van der Waals surface area contributed by atoms with Crippen molar-refractivity contribution in [2.24, 2.45) is 0 Å². The fourth-order valence-corrected chi connectivity index (χ4v) is 0.729. The molecule has 13 heavy (non-hydrogen) atoms. The Kier molecular flexibility index (Phi) is 2.55. The number of hydrogen-bond acceptors (Lipinski definition) is 3. The second-order valence-corrected chi connectivity index (χ2v) is 3.56. The van der Waals surface area contributed by atoms with Crippen LogP contribution in [0.4, 0.5) is 4.79 Å². The highest BCUT2D eigenvalue weighted by molar-refractivity contribution is 5.75. The van der Waals surface area contributed by atoms with Gasteiger partial charge in [0.25, 0.3) is 0 Å². The van der Waals surface area contributed by atoms with Crippen molar-refractivity contribution < 1.29 is 9.53 Å². The molecule has 0 bridgehead atoms. The third-order valence-corrected chi connectivity index (χ3v) is 1.11. The number of carbonyl (C=O) groups is 1. The number of hydrogen-bond donors (Lipinski definition) is 1. The van der Waals surface area contributed by atoms with Gasteiger partial charge in [0.15, 0.2) is 0 Å². The van der Waals surface area contributed by atoms with Gasteiger partial charge in [-0.2, -0.15) is 9.89 Å². The van der Waals surface area contributed by atoms with E-state index in [-0.39, 0.29) is 0 Å². The molecule has 0 spiro atoms. The first-order valence-electron chi connectivity index (χ1n) is 3.97. The monoisotopic (exact) mass is 183 g/mol. The molecule has 1 aromatic rings. The summed E-state index contributed by atoms with van der Waals surface area (Å²) in [5, 5.41) is 3.79. The van der Waals surface area contributed by atoms with Crippen LogP contribution in [-0.2, 0) is 4.74 Å². The molecule has 0 saturated carbocycles. The van der Waals surface area contributed by atoms with Crippen LogP contribution in [0.15, 0.2) is 18.5 Å². The minimum absolute atomic E-state index is 0.489. The van der Waals surface area contributed by atoms with E-state index in [1.165, 1.54) is 4.79 Å². The minimum atomic E-state index is -0.517. The maximum Gasteiger partial charge on any atom is 0.428 e. The van der Waals surface area contributed by atoms with E-state index in [0.717, 1.165) is 0 Å². The average molecular weight is 183 g/mol. The first kappa shape index (κ1) is 9.57. The van der Waals surface area contributed by atoms with Gasteiger partial charge in [-0.05, 0) is 26.8 Å². The van der Waals surface area contributed by atoms with Gasteiger partial charge in [0.05, 0.1) is 6.20 Å². The van der Waals surface area contributed by atoms with Crippen LogP contribution >= 0.6 is 0 Å². The van der Waals surface area contributed by atoms with E-state index in [2.05, 4.69) is 10.5 Å². The van der Waals surface area contributed by atoms with Crippen LogP contribution in [0.5, 0.6) is 0 Å². The third kappa shape index (κ3) is 3.59. The average Bonchev–Trinajstić information content (AvgIpc) is 2.34. The number of ether oxygens (including phenoxy) is 1. The fourth-order valence-electron chi connectivity index (χ4n) is 0.729. The Balaban J connectivity index is 2.43. The van der Waals surface area contributed by atoms with Crippen LogP contribution in [0.3, 0.4) is 0 Å². The Morgan fingerprint density at radius 3 is 2.69 bits per heavy atom. The van der Waals surface area contributed by atoms with Gasteiger partial charge in [-0.25, -0.2) is 10.2 Å². The molecule has 0 aliphatic carbocycles. The lowest BCUT2D eigenvalue weighted by molar-refractivity contribution is 0.0609. The smallest absolute Gasteiger partial charge is 0.428 e. The van der Waals surface area contributed by atoms with E-state index in [9.17, 15) is 4.79 Å². The molecule has 0 fully saturated rings. The largest absolute Gasteiger partial charge is 0.443 e. The molecule has 0 aromatic carbocycles. The van der Waals surface area contributed by atoms with Crippen molar-refractivity contribution in [2.75, 3.05) is 5.43 Å². The number of carbonyl (C=O) groups excluding carboxylic acids is 1. The van der Waals surface area contributed by atoms with Crippen LogP contribution in [-0.4, -0.2) is 21.6 Å². The molecule has 1 heterocycles. The SMILES string of the molecule is CC(C)(C)OC(=O)Nn1cccn1. The van der Waals surface area contributed by atoms with Crippen molar-refractivity contribution in [3.05, 3.63) is 18.5 Å². The highest BCUT2D eigenvalue weighted by Gasteiger charge is 2.15. The zero-order valence-corrected chi connectivity index (χ0v) is 7.94. The standard InChI is InChI=1S/C8H13N3O2/c1-8(2,3)13-7(12)10-11-6-4-5-9-11/h4-6H,1-3H3,(H,10,12). The molecular weight excluding hydrogens is 170 g/mol. The van der Waals surface area contributed by atoms with Gasteiger partial charge in [0.1, 0.15) is 5.60 Å². The zero-order valence-electron chi connectivity index (χ0n) is 7.94. The number of nitrogens with one attached hydrogen (secondary N) is 1. The van der Waals surface area contributed by atoms with Crippen LogP contribution in [0.1, 0.15) is 20.8 Å². The Hall–Kier alpha value is -1.52. The van der Waals surface area contributed by atoms with Crippen LogP contribution in [0.25, 0.3) is 0 Å². The normalized spacial score (nSPS) is 11.0. The molecule has 0 radical (unpaired) electrons. The summed E-state index contributed by atoms with van der Waals surface area (Å²) in [7, 11) is 0. The van der Waals surface area contributed by atoms with Crippen molar-refractivity contribution in [1.29, 1.82) is 0 Å². The summed E-state index contributed by atoms with van der Waals surface area (Å²) < 4.78 is 5.00. The van der Waals surface area contributed by atoms with Crippen LogP contribution in [0, 0.1) is 0 Å². The molecule has 1 N–H and O–H groups in total. The number of amides is 1. The Morgan fingerprint density at radius 1 is 1.54 bits per heavy atom. The van der Waals surface area contributed by atoms with Gasteiger partial charge < -0.3 is 4.74 Å². The fraction of sp³-hybridized carbons (Fsp3) is 0.500. The van der Waals surface area contributed by atoms with E-state index in [1.807, 2.05) is 0 Å². The molecule has 72 valence electrons. The van der Waals surface area contributed by atoms with E-state index >= 15 is 0 Å². The van der Waals surface area contributed by atoms with E-state index < -0.39 is 11.7 Å². The molecule has 0 atom stereocenters. The Bertz CT molecular complexity index is 274. The lowest BCUT2D eigenvalue weighted by Gasteiger charge is -2.19. The molecule has 1 amide bonds. The summed E-state index contributed by atoms with van der Waals surface area (Å²) in [4.78, 5) is 12.4. The van der Waals surface area contributed by atoms with E-state index in [4.69, 9.17) is 4.74 Å². The molecule has 0 aliphatic heterocycles. The molecular formula is C8H13N3O2. The highest BCUT2D eigenvalue weighted by Crippen LogP contribution is 2.06. The second kappa shape index (κ2) is 3.47. The second-order valence-electron chi connectivity index (χ2n) is 3.56. The maximum atomic E-state index is 11.1. The van der Waals surface area contributed by atoms with Gasteiger partial charge in [-0.15, -0.1) is 0 Å². The van der Waals surface area contributed by atoms with Crippen molar-refractivity contribution in [3.63, 3.8) is 0 Å². The van der Waals surface area contributed by atoms with Crippen LogP contribution in [0.2, 0.25) is 0 Å². The quantitative estimate of drug-likeness (QED) is 0.715. The summed E-state index contributed by atoms with van der Waals surface area (Å²) in [5.74, 6) is 0. The van der Waals surface area contributed by atoms with Crippen molar-refractivity contribution in [3.8, 4) is 0 Å². The van der Waals surface area contributed by atoms with E-state index in [0.29, 0.717) is 0 Å².